The average molecular weight is 452 g/mol. The highest BCUT2D eigenvalue weighted by Gasteiger charge is 2.30. The molecule has 2 aromatic heterocycles. The number of aromatic nitrogens is 4. The second-order valence-electron chi connectivity index (χ2n) is 6.87. The number of hydrogen-bond donors (Lipinski definition) is 2. The number of nitrogens with one attached hydrogen (secondary N) is 1. The Bertz CT molecular complexity index is 1240. The highest BCUT2D eigenvalue weighted by Crippen LogP contribution is 2.31. The van der Waals surface area contributed by atoms with Crippen molar-refractivity contribution in [2.24, 2.45) is 0 Å². The number of alkyl halides is 6. The molecule has 0 fully saturated rings. The van der Waals surface area contributed by atoms with E-state index in [0.29, 0.717) is 16.9 Å². The van der Waals surface area contributed by atoms with Gasteiger partial charge in [-0.1, -0.05) is 12.1 Å². The third kappa shape index (κ3) is 4.43. The van der Waals surface area contributed by atoms with Gasteiger partial charge in [-0.25, -0.2) is 4.98 Å². The quantitative estimate of drug-likeness (QED) is 0.414. The predicted octanol–water partition coefficient (Wildman–Crippen LogP) is 5.24. The second kappa shape index (κ2) is 7.70. The first-order valence-corrected chi connectivity index (χ1v) is 9.09. The van der Waals surface area contributed by atoms with Gasteiger partial charge in [0.15, 0.2) is 11.5 Å². The molecule has 0 bridgehead atoms. The lowest BCUT2D eigenvalue weighted by Gasteiger charge is -2.10. The molecule has 0 unspecified atom stereocenters. The summed E-state index contributed by atoms with van der Waals surface area (Å²) in [5.41, 5.74) is 5.86. The smallest absolute Gasteiger partial charge is 0.382 e. The van der Waals surface area contributed by atoms with E-state index in [2.05, 4.69) is 20.3 Å². The first kappa shape index (κ1) is 21.4. The summed E-state index contributed by atoms with van der Waals surface area (Å²) in [4.78, 5) is 12.5. The van der Waals surface area contributed by atoms with Gasteiger partial charge < -0.3 is 15.6 Å². The van der Waals surface area contributed by atoms with Crippen molar-refractivity contribution in [1.82, 2.24) is 19.5 Å². The molecule has 166 valence electrons. The first-order chi connectivity index (χ1) is 15.0. The van der Waals surface area contributed by atoms with Crippen molar-refractivity contribution >= 4 is 28.6 Å². The van der Waals surface area contributed by atoms with Crippen LogP contribution in [0.15, 0.2) is 54.9 Å². The van der Waals surface area contributed by atoms with Crippen LogP contribution >= 0.6 is 0 Å². The van der Waals surface area contributed by atoms with E-state index in [1.54, 1.807) is 4.57 Å². The summed E-state index contributed by atoms with van der Waals surface area (Å²) in [6.07, 6.45) is -7.46. The summed E-state index contributed by atoms with van der Waals surface area (Å²) in [6.45, 7) is 0.171. The summed E-state index contributed by atoms with van der Waals surface area (Å²) in [5.74, 6) is 0.0690. The van der Waals surface area contributed by atoms with E-state index in [-0.39, 0.29) is 23.8 Å². The monoisotopic (exact) mass is 452 g/mol. The van der Waals surface area contributed by atoms with Crippen LogP contribution in [0.3, 0.4) is 0 Å². The zero-order chi connectivity index (χ0) is 23.1. The molecule has 32 heavy (non-hydrogen) atoms. The molecule has 0 atom stereocenters. The Kier molecular flexibility index (Phi) is 5.15. The van der Waals surface area contributed by atoms with E-state index < -0.39 is 23.5 Å². The van der Waals surface area contributed by atoms with Gasteiger partial charge in [-0.05, 0) is 42.0 Å². The third-order valence-corrected chi connectivity index (χ3v) is 4.59. The van der Waals surface area contributed by atoms with Crippen LogP contribution in [0, 0.1) is 0 Å². The minimum atomic E-state index is -4.46. The van der Waals surface area contributed by atoms with Gasteiger partial charge in [0.05, 0.1) is 24.0 Å². The van der Waals surface area contributed by atoms with Gasteiger partial charge in [0.2, 0.25) is 5.95 Å². The lowest BCUT2D eigenvalue weighted by Crippen LogP contribution is -2.07. The van der Waals surface area contributed by atoms with Crippen LogP contribution in [0.1, 0.15) is 16.7 Å². The molecular formula is C20H14F6N6. The summed E-state index contributed by atoms with van der Waals surface area (Å²) in [5, 5.41) is 2.78. The van der Waals surface area contributed by atoms with Gasteiger partial charge in [-0.15, -0.1) is 0 Å². The molecule has 3 N–H and O–H groups in total. The van der Waals surface area contributed by atoms with Crippen molar-refractivity contribution in [2.45, 2.75) is 18.9 Å². The normalized spacial score (nSPS) is 12.3. The number of benzene rings is 2. The Morgan fingerprint density at radius 1 is 0.812 bits per heavy atom. The number of rotatable bonds is 4. The highest BCUT2D eigenvalue weighted by molar-refractivity contribution is 5.83. The molecule has 2 heterocycles. The molecule has 4 aromatic rings. The molecule has 0 saturated heterocycles. The third-order valence-electron chi connectivity index (χ3n) is 4.59. The van der Waals surface area contributed by atoms with Crippen LogP contribution in [0.2, 0.25) is 0 Å². The van der Waals surface area contributed by atoms with Gasteiger partial charge in [0.25, 0.3) is 0 Å². The lowest BCUT2D eigenvalue weighted by molar-refractivity contribution is -0.138. The van der Waals surface area contributed by atoms with E-state index >= 15 is 0 Å². The first-order valence-electron chi connectivity index (χ1n) is 9.09. The maximum absolute atomic E-state index is 12.7. The molecule has 0 aliphatic rings. The summed E-state index contributed by atoms with van der Waals surface area (Å²) < 4.78 is 78.0. The van der Waals surface area contributed by atoms with Crippen LogP contribution in [0.25, 0.3) is 11.2 Å². The standard InChI is InChI=1S/C20H14F6N6/c21-19(22,23)12-3-1-11(2-4-12)9-32-10-28-15-16(27)30-18(31-17(15)32)29-14-7-5-13(6-8-14)20(24,25)26/h1-8,10H,9H2,(H3,27,29,30,31). The van der Waals surface area contributed by atoms with Crippen molar-refractivity contribution in [3.63, 3.8) is 0 Å². The van der Waals surface area contributed by atoms with Crippen molar-refractivity contribution in [3.05, 3.63) is 71.5 Å². The number of anilines is 3. The molecule has 0 aliphatic carbocycles. The van der Waals surface area contributed by atoms with Gasteiger partial charge in [0, 0.05) is 5.69 Å². The maximum Gasteiger partial charge on any atom is 0.416 e. The van der Waals surface area contributed by atoms with E-state index in [9.17, 15) is 26.3 Å². The predicted molar refractivity (Wildman–Crippen MR) is 105 cm³/mol. The van der Waals surface area contributed by atoms with Crippen LogP contribution in [-0.4, -0.2) is 19.5 Å². The number of imidazole rings is 1. The fourth-order valence-electron chi connectivity index (χ4n) is 3.01. The van der Waals surface area contributed by atoms with E-state index in [1.807, 2.05) is 0 Å². The minimum Gasteiger partial charge on any atom is -0.382 e. The van der Waals surface area contributed by atoms with Crippen LogP contribution in [0.5, 0.6) is 0 Å². The molecular weight excluding hydrogens is 438 g/mol. The Balaban J connectivity index is 1.60. The van der Waals surface area contributed by atoms with Gasteiger partial charge in [-0.2, -0.15) is 36.3 Å². The van der Waals surface area contributed by atoms with Crippen molar-refractivity contribution in [3.8, 4) is 0 Å². The second-order valence-corrected chi connectivity index (χ2v) is 6.87. The molecule has 0 amide bonds. The van der Waals surface area contributed by atoms with Crippen LogP contribution in [-0.2, 0) is 18.9 Å². The summed E-state index contributed by atoms with van der Waals surface area (Å²) >= 11 is 0. The Hall–Kier alpha value is -3.83. The lowest BCUT2D eigenvalue weighted by atomic mass is 10.1. The fraction of sp³-hybridized carbons (Fsp3) is 0.150. The number of nitrogens with zero attached hydrogens (tertiary/aromatic N) is 4. The summed E-state index contributed by atoms with van der Waals surface area (Å²) in [7, 11) is 0. The molecule has 0 aliphatic heterocycles. The molecule has 2 aromatic carbocycles. The topological polar surface area (TPSA) is 81.7 Å². The van der Waals surface area contributed by atoms with Crippen molar-refractivity contribution in [1.29, 1.82) is 0 Å². The number of nitrogen functional groups attached to an aromatic ring is 1. The number of hydrogen-bond acceptors (Lipinski definition) is 5. The van der Waals surface area contributed by atoms with E-state index in [0.717, 1.165) is 24.3 Å². The van der Waals surface area contributed by atoms with E-state index in [1.165, 1.54) is 30.6 Å². The SMILES string of the molecule is Nc1nc(Nc2ccc(C(F)(F)F)cc2)nc2c1ncn2Cc1ccc(C(F)(F)F)cc1. The largest absolute Gasteiger partial charge is 0.416 e. The van der Waals surface area contributed by atoms with Crippen molar-refractivity contribution in [2.75, 3.05) is 11.1 Å². The molecule has 0 radical (unpaired) electrons. The minimum absolute atomic E-state index is 0.0314. The van der Waals surface area contributed by atoms with Crippen LogP contribution < -0.4 is 11.1 Å². The molecule has 6 nitrogen and oxygen atoms in total. The zero-order valence-electron chi connectivity index (χ0n) is 16.0. The Morgan fingerprint density at radius 2 is 1.38 bits per heavy atom. The average Bonchev–Trinajstić information content (AvgIpc) is 3.11. The Labute approximate surface area is 176 Å². The van der Waals surface area contributed by atoms with Gasteiger partial charge in [0.1, 0.15) is 5.52 Å². The highest BCUT2D eigenvalue weighted by atomic mass is 19.4. The summed E-state index contributed by atoms with van der Waals surface area (Å²) in [6, 6.07) is 8.95. The molecule has 0 saturated carbocycles. The number of halogens is 6. The van der Waals surface area contributed by atoms with E-state index in [4.69, 9.17) is 5.73 Å². The number of nitrogens with two attached hydrogens (primary N) is 1. The molecule has 12 heteroatoms. The zero-order valence-corrected chi connectivity index (χ0v) is 16.0. The number of fused-ring (bicyclic) bond motifs is 1. The van der Waals surface area contributed by atoms with Gasteiger partial charge >= 0.3 is 12.4 Å². The Morgan fingerprint density at radius 3 is 1.94 bits per heavy atom. The van der Waals surface area contributed by atoms with Crippen molar-refractivity contribution < 1.29 is 26.3 Å². The van der Waals surface area contributed by atoms with Gasteiger partial charge in [-0.3, -0.25) is 0 Å². The molecule has 4 rings (SSSR count). The molecule has 0 spiro atoms. The maximum atomic E-state index is 12.7. The fourth-order valence-corrected chi connectivity index (χ4v) is 3.01. The van der Waals surface area contributed by atoms with Crippen LogP contribution in [0.4, 0.5) is 43.8 Å².